The highest BCUT2D eigenvalue weighted by Crippen LogP contribution is 2.25. The van der Waals surface area contributed by atoms with Crippen molar-refractivity contribution in [3.05, 3.63) is 57.3 Å². The lowest BCUT2D eigenvalue weighted by Crippen LogP contribution is -2.38. The molecule has 2 aliphatic rings. The number of amides is 2. The molecule has 0 N–H and O–H groups in total. The van der Waals surface area contributed by atoms with Gasteiger partial charge in [-0.05, 0) is 74.8 Å². The monoisotopic (exact) mass is 396 g/mol. The van der Waals surface area contributed by atoms with Crippen molar-refractivity contribution in [3.63, 3.8) is 0 Å². The topological polar surface area (TPSA) is 40.6 Å². The lowest BCUT2D eigenvalue weighted by Gasteiger charge is -2.32. The Morgan fingerprint density at radius 2 is 1.54 bits per heavy atom. The molecule has 1 aromatic heterocycles. The molecule has 3 heterocycles. The third kappa shape index (κ3) is 4.30. The summed E-state index contributed by atoms with van der Waals surface area (Å²) in [5, 5.41) is 0. The molecule has 5 heteroatoms. The van der Waals surface area contributed by atoms with E-state index in [1.54, 1.807) is 11.3 Å². The van der Waals surface area contributed by atoms with Gasteiger partial charge < -0.3 is 9.80 Å². The van der Waals surface area contributed by atoms with Crippen LogP contribution in [-0.2, 0) is 6.42 Å². The van der Waals surface area contributed by atoms with Gasteiger partial charge in [-0.2, -0.15) is 0 Å². The van der Waals surface area contributed by atoms with Crippen LogP contribution in [-0.4, -0.2) is 47.8 Å². The molecule has 0 radical (unpaired) electrons. The van der Waals surface area contributed by atoms with E-state index in [0.29, 0.717) is 5.92 Å². The molecule has 0 bridgehead atoms. The molecule has 0 spiro atoms. The van der Waals surface area contributed by atoms with E-state index in [1.807, 2.05) is 41.0 Å². The van der Waals surface area contributed by atoms with Crippen LogP contribution in [0.15, 0.2) is 36.4 Å². The number of piperidine rings is 1. The van der Waals surface area contributed by atoms with Crippen LogP contribution in [0.25, 0.3) is 0 Å². The van der Waals surface area contributed by atoms with Crippen molar-refractivity contribution in [2.45, 2.75) is 39.0 Å². The Balaban J connectivity index is 1.28. The van der Waals surface area contributed by atoms with Gasteiger partial charge in [0.1, 0.15) is 0 Å². The van der Waals surface area contributed by atoms with Crippen LogP contribution in [0.4, 0.5) is 0 Å². The first kappa shape index (κ1) is 19.2. The molecule has 2 aliphatic heterocycles. The molecule has 4 nitrogen and oxygen atoms in total. The van der Waals surface area contributed by atoms with E-state index in [9.17, 15) is 9.59 Å². The van der Waals surface area contributed by atoms with Gasteiger partial charge in [0.2, 0.25) is 0 Å². The summed E-state index contributed by atoms with van der Waals surface area (Å²) in [5.41, 5.74) is 2.09. The lowest BCUT2D eigenvalue weighted by molar-refractivity contribution is 0.0695. The van der Waals surface area contributed by atoms with E-state index in [2.05, 4.69) is 12.1 Å². The maximum Gasteiger partial charge on any atom is 0.263 e. The summed E-state index contributed by atoms with van der Waals surface area (Å²) in [6.07, 6.45) is 5.36. The Labute approximate surface area is 171 Å². The highest BCUT2D eigenvalue weighted by atomic mass is 32.1. The normalized spacial score (nSPS) is 17.9. The van der Waals surface area contributed by atoms with Gasteiger partial charge in [0.05, 0.1) is 4.88 Å². The van der Waals surface area contributed by atoms with Crippen LogP contribution >= 0.6 is 11.3 Å². The molecule has 0 unspecified atom stereocenters. The first-order chi connectivity index (χ1) is 13.6. The summed E-state index contributed by atoms with van der Waals surface area (Å²) in [4.78, 5) is 31.0. The Bertz CT molecular complexity index is 829. The second-order valence-corrected chi connectivity index (χ2v) is 9.33. The van der Waals surface area contributed by atoms with Crippen LogP contribution in [0.1, 0.15) is 56.2 Å². The molecule has 4 rings (SSSR count). The molecule has 0 aliphatic carbocycles. The number of carbonyl (C=O) groups excluding carboxylic acids is 2. The third-order valence-corrected chi connectivity index (χ3v) is 6.96. The van der Waals surface area contributed by atoms with E-state index in [0.717, 1.165) is 68.7 Å². The number of hydrogen-bond donors (Lipinski definition) is 0. The summed E-state index contributed by atoms with van der Waals surface area (Å²) in [6.45, 7) is 5.50. The molecule has 1 aromatic carbocycles. The summed E-state index contributed by atoms with van der Waals surface area (Å²) in [5.74, 6) is 0.954. The Morgan fingerprint density at radius 3 is 2.14 bits per heavy atom. The van der Waals surface area contributed by atoms with Crippen molar-refractivity contribution >= 4 is 23.2 Å². The van der Waals surface area contributed by atoms with Crippen LogP contribution in [0.2, 0.25) is 0 Å². The molecule has 28 heavy (non-hydrogen) atoms. The zero-order valence-electron chi connectivity index (χ0n) is 16.5. The zero-order chi connectivity index (χ0) is 19.5. The van der Waals surface area contributed by atoms with Gasteiger partial charge in [-0.1, -0.05) is 12.1 Å². The fourth-order valence-corrected chi connectivity index (χ4v) is 5.10. The molecular weight excluding hydrogens is 368 g/mol. The van der Waals surface area contributed by atoms with Crippen molar-refractivity contribution in [3.8, 4) is 0 Å². The van der Waals surface area contributed by atoms with Crippen molar-refractivity contribution in [2.24, 2.45) is 5.92 Å². The molecular formula is C23H28N2O2S. The Kier molecular flexibility index (Phi) is 5.81. The average Bonchev–Trinajstić information content (AvgIpc) is 3.40. The second-order valence-electron chi connectivity index (χ2n) is 8.05. The van der Waals surface area contributed by atoms with E-state index in [1.165, 1.54) is 10.4 Å². The minimum absolute atomic E-state index is 0.166. The van der Waals surface area contributed by atoms with Gasteiger partial charge in [-0.3, -0.25) is 9.59 Å². The number of likely N-dealkylation sites (tertiary alicyclic amines) is 2. The van der Waals surface area contributed by atoms with E-state index in [-0.39, 0.29) is 11.8 Å². The summed E-state index contributed by atoms with van der Waals surface area (Å²) < 4.78 is 0. The standard InChI is InChI=1S/C23H28N2O2S/c1-17-4-9-21(28-17)23(27)25-14-10-19(11-15-25)16-18-5-7-20(8-6-18)22(26)24-12-2-3-13-24/h4-9,19H,2-3,10-16H2,1H3. The van der Waals surface area contributed by atoms with E-state index < -0.39 is 0 Å². The fraction of sp³-hybridized carbons (Fsp3) is 0.478. The van der Waals surface area contributed by atoms with Gasteiger partial charge in [0.15, 0.2) is 0 Å². The molecule has 0 saturated carbocycles. The van der Waals surface area contributed by atoms with Gasteiger partial charge in [-0.15, -0.1) is 11.3 Å². The fourth-order valence-electron chi connectivity index (χ4n) is 4.27. The van der Waals surface area contributed by atoms with Crippen LogP contribution in [0, 0.1) is 12.8 Å². The quantitative estimate of drug-likeness (QED) is 0.769. The SMILES string of the molecule is Cc1ccc(C(=O)N2CCC(Cc3ccc(C(=O)N4CCCC4)cc3)CC2)s1. The number of nitrogens with zero attached hydrogens (tertiary/aromatic N) is 2. The predicted molar refractivity (Wildman–Crippen MR) is 113 cm³/mol. The second kappa shape index (κ2) is 8.48. The highest BCUT2D eigenvalue weighted by molar-refractivity contribution is 7.13. The zero-order valence-corrected chi connectivity index (χ0v) is 17.3. The number of benzene rings is 1. The van der Waals surface area contributed by atoms with Crippen LogP contribution in [0.3, 0.4) is 0 Å². The first-order valence-electron chi connectivity index (χ1n) is 10.3. The largest absolute Gasteiger partial charge is 0.339 e. The van der Waals surface area contributed by atoms with Gasteiger partial charge >= 0.3 is 0 Å². The Hall–Kier alpha value is -2.14. The predicted octanol–water partition coefficient (Wildman–Crippen LogP) is 4.39. The maximum absolute atomic E-state index is 12.6. The van der Waals surface area contributed by atoms with Crippen molar-refractivity contribution in [2.75, 3.05) is 26.2 Å². The molecule has 2 saturated heterocycles. The van der Waals surface area contributed by atoms with Gasteiger partial charge in [0, 0.05) is 36.6 Å². The lowest BCUT2D eigenvalue weighted by atomic mass is 9.90. The number of aryl methyl sites for hydroxylation is 1. The summed E-state index contributed by atoms with van der Waals surface area (Å²) >= 11 is 1.58. The minimum Gasteiger partial charge on any atom is -0.339 e. The number of rotatable bonds is 4. The minimum atomic E-state index is 0.166. The van der Waals surface area contributed by atoms with Crippen molar-refractivity contribution in [1.82, 2.24) is 9.80 Å². The van der Waals surface area contributed by atoms with E-state index in [4.69, 9.17) is 0 Å². The molecule has 2 amide bonds. The number of hydrogen-bond acceptors (Lipinski definition) is 3. The molecule has 2 aromatic rings. The Morgan fingerprint density at radius 1 is 0.893 bits per heavy atom. The number of carbonyl (C=O) groups is 2. The van der Waals surface area contributed by atoms with E-state index >= 15 is 0 Å². The van der Waals surface area contributed by atoms with Gasteiger partial charge in [-0.25, -0.2) is 0 Å². The number of thiophene rings is 1. The van der Waals surface area contributed by atoms with Crippen LogP contribution in [0.5, 0.6) is 0 Å². The molecule has 148 valence electrons. The molecule has 2 fully saturated rings. The smallest absolute Gasteiger partial charge is 0.263 e. The van der Waals surface area contributed by atoms with Crippen molar-refractivity contribution < 1.29 is 9.59 Å². The maximum atomic E-state index is 12.6. The summed E-state index contributed by atoms with van der Waals surface area (Å²) in [7, 11) is 0. The summed E-state index contributed by atoms with van der Waals surface area (Å²) in [6, 6.07) is 12.1. The van der Waals surface area contributed by atoms with Crippen LogP contribution < -0.4 is 0 Å². The van der Waals surface area contributed by atoms with Gasteiger partial charge in [0.25, 0.3) is 11.8 Å². The molecule has 0 atom stereocenters. The average molecular weight is 397 g/mol. The first-order valence-corrected chi connectivity index (χ1v) is 11.2. The highest BCUT2D eigenvalue weighted by Gasteiger charge is 2.25. The third-order valence-electron chi connectivity index (χ3n) is 5.97. The van der Waals surface area contributed by atoms with Crippen molar-refractivity contribution in [1.29, 1.82) is 0 Å².